The maximum atomic E-state index is 9.13. The number of benzene rings is 1. The van der Waals surface area contributed by atoms with Crippen LogP contribution in [0.1, 0.15) is 5.56 Å². The maximum absolute atomic E-state index is 9.13. The molecule has 0 bridgehead atoms. The molecule has 1 aromatic carbocycles. The molecule has 0 saturated carbocycles. The van der Waals surface area contributed by atoms with Crippen molar-refractivity contribution in [1.29, 1.82) is 0 Å². The van der Waals surface area contributed by atoms with E-state index in [4.69, 9.17) is 10.8 Å². The lowest BCUT2D eigenvalue weighted by Gasteiger charge is -2.22. The normalized spacial score (nSPS) is 10.3. The molecule has 0 amide bonds. The standard InChI is InChI=1S/C13H16N4O/c14-13-15-7-6-12(16-13)17(8-9-18)10-11-4-2-1-3-5-11/h1-7,18H,8-10H2,(H2,14,15,16). The summed E-state index contributed by atoms with van der Waals surface area (Å²) in [6, 6.07) is 11.8. The van der Waals surface area contributed by atoms with Crippen LogP contribution < -0.4 is 10.6 Å². The topological polar surface area (TPSA) is 75.3 Å². The number of nitrogen functional groups attached to an aromatic ring is 1. The Morgan fingerprint density at radius 2 is 1.94 bits per heavy atom. The van der Waals surface area contributed by atoms with Gasteiger partial charge in [0.2, 0.25) is 5.95 Å². The van der Waals surface area contributed by atoms with Crippen LogP contribution in [-0.4, -0.2) is 28.2 Å². The van der Waals surface area contributed by atoms with E-state index in [1.54, 1.807) is 12.3 Å². The number of rotatable bonds is 5. The lowest BCUT2D eigenvalue weighted by atomic mass is 10.2. The molecule has 18 heavy (non-hydrogen) atoms. The quantitative estimate of drug-likeness (QED) is 0.822. The zero-order chi connectivity index (χ0) is 12.8. The smallest absolute Gasteiger partial charge is 0.221 e. The van der Waals surface area contributed by atoms with E-state index in [0.717, 1.165) is 11.4 Å². The van der Waals surface area contributed by atoms with Gasteiger partial charge in [-0.15, -0.1) is 0 Å². The van der Waals surface area contributed by atoms with Gasteiger partial charge in [0.25, 0.3) is 0 Å². The molecule has 0 spiro atoms. The molecule has 94 valence electrons. The van der Waals surface area contributed by atoms with Gasteiger partial charge in [0.05, 0.1) is 6.61 Å². The second-order valence-corrected chi connectivity index (χ2v) is 3.90. The first-order valence-corrected chi connectivity index (χ1v) is 5.78. The van der Waals surface area contributed by atoms with Crippen molar-refractivity contribution in [2.75, 3.05) is 23.8 Å². The number of nitrogens with zero attached hydrogens (tertiary/aromatic N) is 3. The summed E-state index contributed by atoms with van der Waals surface area (Å²) in [6.07, 6.45) is 1.62. The van der Waals surface area contributed by atoms with Gasteiger partial charge in [-0.3, -0.25) is 0 Å². The van der Waals surface area contributed by atoms with Crippen LogP contribution >= 0.6 is 0 Å². The van der Waals surface area contributed by atoms with Gasteiger partial charge in [-0.2, -0.15) is 4.98 Å². The summed E-state index contributed by atoms with van der Waals surface area (Å²) in [4.78, 5) is 10.0. The highest BCUT2D eigenvalue weighted by Gasteiger charge is 2.08. The van der Waals surface area contributed by atoms with Gasteiger partial charge in [0, 0.05) is 19.3 Å². The molecule has 3 N–H and O–H groups in total. The number of anilines is 2. The molecule has 5 heteroatoms. The van der Waals surface area contributed by atoms with Crippen molar-refractivity contribution in [2.45, 2.75) is 6.54 Å². The predicted octanol–water partition coefficient (Wildman–Crippen LogP) is 1.06. The Morgan fingerprint density at radius 3 is 2.61 bits per heavy atom. The Morgan fingerprint density at radius 1 is 1.17 bits per heavy atom. The van der Waals surface area contributed by atoms with E-state index in [9.17, 15) is 0 Å². The third-order valence-corrected chi connectivity index (χ3v) is 2.57. The number of nitrogens with two attached hydrogens (primary N) is 1. The Balaban J connectivity index is 2.18. The Bertz CT molecular complexity index is 489. The van der Waals surface area contributed by atoms with Crippen LogP contribution in [0.2, 0.25) is 0 Å². The van der Waals surface area contributed by atoms with Gasteiger partial charge in [-0.05, 0) is 11.6 Å². The number of hydrogen-bond acceptors (Lipinski definition) is 5. The highest BCUT2D eigenvalue weighted by molar-refractivity contribution is 5.41. The van der Waals surface area contributed by atoms with Gasteiger partial charge >= 0.3 is 0 Å². The molecule has 5 nitrogen and oxygen atoms in total. The van der Waals surface area contributed by atoms with E-state index < -0.39 is 0 Å². The lowest BCUT2D eigenvalue weighted by molar-refractivity contribution is 0.301. The van der Waals surface area contributed by atoms with Crippen LogP contribution in [0.5, 0.6) is 0 Å². The van der Waals surface area contributed by atoms with Gasteiger partial charge < -0.3 is 15.7 Å². The van der Waals surface area contributed by atoms with Gasteiger partial charge in [-0.25, -0.2) is 4.98 Å². The van der Waals surface area contributed by atoms with E-state index >= 15 is 0 Å². The Labute approximate surface area is 106 Å². The SMILES string of the molecule is Nc1nccc(N(CCO)Cc2ccccc2)n1. The molecule has 0 fully saturated rings. The second kappa shape index (κ2) is 5.97. The molecule has 2 aromatic rings. The van der Waals surface area contributed by atoms with Crippen molar-refractivity contribution in [3.63, 3.8) is 0 Å². The van der Waals surface area contributed by atoms with Crippen LogP contribution in [0.15, 0.2) is 42.6 Å². The van der Waals surface area contributed by atoms with Gasteiger partial charge in [0.15, 0.2) is 0 Å². The molecule has 0 atom stereocenters. The summed E-state index contributed by atoms with van der Waals surface area (Å²) in [5.41, 5.74) is 6.73. The average molecular weight is 244 g/mol. The summed E-state index contributed by atoms with van der Waals surface area (Å²) in [5.74, 6) is 0.962. The average Bonchev–Trinajstić information content (AvgIpc) is 2.39. The van der Waals surface area contributed by atoms with Crippen molar-refractivity contribution in [1.82, 2.24) is 9.97 Å². The molecule has 0 aliphatic rings. The van der Waals surface area contributed by atoms with Gasteiger partial charge in [-0.1, -0.05) is 30.3 Å². The monoisotopic (exact) mass is 244 g/mol. The van der Waals surface area contributed by atoms with Crippen LogP contribution in [0, 0.1) is 0 Å². The minimum atomic E-state index is 0.0662. The summed E-state index contributed by atoms with van der Waals surface area (Å²) in [7, 11) is 0. The first kappa shape index (κ1) is 12.3. The lowest BCUT2D eigenvalue weighted by Crippen LogP contribution is -2.27. The maximum Gasteiger partial charge on any atom is 0.221 e. The molecule has 0 aliphatic heterocycles. The molecule has 0 aliphatic carbocycles. The number of hydrogen-bond donors (Lipinski definition) is 2. The second-order valence-electron chi connectivity index (χ2n) is 3.90. The first-order valence-electron chi connectivity index (χ1n) is 5.78. The fraction of sp³-hybridized carbons (Fsp3) is 0.231. The molecule has 0 saturated heterocycles. The summed E-state index contributed by atoms with van der Waals surface area (Å²) < 4.78 is 0. The largest absolute Gasteiger partial charge is 0.395 e. The van der Waals surface area contributed by atoms with Crippen LogP contribution in [-0.2, 0) is 6.54 Å². The highest BCUT2D eigenvalue weighted by atomic mass is 16.3. The van der Waals surface area contributed by atoms with E-state index in [1.165, 1.54) is 0 Å². The fourth-order valence-electron chi connectivity index (χ4n) is 1.74. The fourth-order valence-corrected chi connectivity index (χ4v) is 1.74. The van der Waals surface area contributed by atoms with E-state index in [2.05, 4.69) is 9.97 Å². The molecule has 2 rings (SSSR count). The molecule has 1 aromatic heterocycles. The van der Waals surface area contributed by atoms with E-state index in [1.807, 2.05) is 35.2 Å². The van der Waals surface area contributed by atoms with Crippen molar-refractivity contribution in [3.05, 3.63) is 48.2 Å². The third-order valence-electron chi connectivity index (χ3n) is 2.57. The van der Waals surface area contributed by atoms with Crippen molar-refractivity contribution in [2.24, 2.45) is 0 Å². The zero-order valence-electron chi connectivity index (χ0n) is 10.0. The van der Waals surface area contributed by atoms with Gasteiger partial charge in [0.1, 0.15) is 5.82 Å². The Hall–Kier alpha value is -2.14. The summed E-state index contributed by atoms with van der Waals surface area (Å²) >= 11 is 0. The molecule has 0 radical (unpaired) electrons. The van der Waals surface area contributed by atoms with Crippen LogP contribution in [0.4, 0.5) is 11.8 Å². The minimum Gasteiger partial charge on any atom is -0.395 e. The summed E-state index contributed by atoms with van der Waals surface area (Å²) in [6.45, 7) is 1.25. The van der Waals surface area contributed by atoms with Crippen LogP contribution in [0.3, 0.4) is 0 Å². The predicted molar refractivity (Wildman–Crippen MR) is 71.0 cm³/mol. The number of aromatic nitrogens is 2. The molecule has 0 unspecified atom stereocenters. The van der Waals surface area contributed by atoms with E-state index in [0.29, 0.717) is 13.1 Å². The third kappa shape index (κ3) is 3.18. The van der Waals surface area contributed by atoms with E-state index in [-0.39, 0.29) is 12.6 Å². The number of aliphatic hydroxyl groups excluding tert-OH is 1. The molecular formula is C13H16N4O. The molecule has 1 heterocycles. The first-order chi connectivity index (χ1) is 8.79. The highest BCUT2D eigenvalue weighted by Crippen LogP contribution is 2.14. The Kier molecular flexibility index (Phi) is 4.09. The van der Waals surface area contributed by atoms with Crippen molar-refractivity contribution >= 4 is 11.8 Å². The van der Waals surface area contributed by atoms with Crippen LogP contribution in [0.25, 0.3) is 0 Å². The van der Waals surface area contributed by atoms with Crippen molar-refractivity contribution in [3.8, 4) is 0 Å². The minimum absolute atomic E-state index is 0.0662. The molecular weight excluding hydrogens is 228 g/mol. The zero-order valence-corrected chi connectivity index (χ0v) is 10.0. The van der Waals surface area contributed by atoms with Crippen molar-refractivity contribution < 1.29 is 5.11 Å². The number of aliphatic hydroxyl groups is 1. The summed E-state index contributed by atoms with van der Waals surface area (Å²) in [5, 5.41) is 9.13.